The number of carbonyl (C=O) groups is 3. The predicted octanol–water partition coefficient (Wildman–Crippen LogP) is 4.42. The monoisotopic (exact) mass is 382 g/mol. The van der Waals surface area contributed by atoms with Gasteiger partial charge in [0.1, 0.15) is 6.61 Å². The van der Waals surface area contributed by atoms with E-state index >= 15 is 0 Å². The molecule has 29 heavy (non-hydrogen) atoms. The van der Waals surface area contributed by atoms with Crippen molar-refractivity contribution in [1.82, 2.24) is 0 Å². The second-order valence-electron chi connectivity index (χ2n) is 6.75. The largest absolute Gasteiger partial charge is 0.350 e. The van der Waals surface area contributed by atoms with E-state index in [0.717, 1.165) is 0 Å². The van der Waals surface area contributed by atoms with Crippen LogP contribution in [0.5, 0.6) is 0 Å². The van der Waals surface area contributed by atoms with Crippen LogP contribution in [0.2, 0.25) is 0 Å². The number of ketones is 3. The van der Waals surface area contributed by atoms with Gasteiger partial charge in [-0.1, -0.05) is 84.9 Å². The van der Waals surface area contributed by atoms with Gasteiger partial charge in [-0.05, 0) is 12.2 Å². The molecule has 0 aromatic heterocycles. The van der Waals surface area contributed by atoms with Crippen LogP contribution in [0.25, 0.3) is 0 Å². The maximum atomic E-state index is 13.5. The Labute approximate surface area is 168 Å². The van der Waals surface area contributed by atoms with Crippen LogP contribution in [0.1, 0.15) is 36.6 Å². The smallest absolute Gasteiger partial charge is 0.203 e. The van der Waals surface area contributed by atoms with E-state index in [1.807, 2.05) is 12.1 Å². The van der Waals surface area contributed by atoms with Gasteiger partial charge in [-0.25, -0.2) is 0 Å². The lowest BCUT2D eigenvalue weighted by Gasteiger charge is -2.33. The maximum absolute atomic E-state index is 13.5. The van der Waals surface area contributed by atoms with E-state index < -0.39 is 5.60 Å². The average Bonchev–Trinajstić information content (AvgIpc) is 2.79. The Morgan fingerprint density at radius 2 is 1.34 bits per heavy atom. The fourth-order valence-corrected chi connectivity index (χ4v) is 3.47. The van der Waals surface area contributed by atoms with Crippen molar-refractivity contribution >= 4 is 17.3 Å². The molecule has 1 aliphatic rings. The lowest BCUT2D eigenvalue weighted by molar-refractivity contribution is 0.00279. The van der Waals surface area contributed by atoms with Crippen LogP contribution < -0.4 is 0 Å². The lowest BCUT2D eigenvalue weighted by atomic mass is 9.78. The Kier molecular flexibility index (Phi) is 5.02. The van der Waals surface area contributed by atoms with E-state index in [2.05, 4.69) is 0 Å². The first-order valence-electron chi connectivity index (χ1n) is 9.27. The summed E-state index contributed by atoms with van der Waals surface area (Å²) < 4.78 is 6.04. The number of Topliss-reactive ketones (excluding diaryl/α,β-unsaturated/α-hetero) is 2. The van der Waals surface area contributed by atoms with E-state index in [4.69, 9.17) is 4.74 Å². The summed E-state index contributed by atoms with van der Waals surface area (Å²) in [5, 5.41) is 0. The van der Waals surface area contributed by atoms with Gasteiger partial charge >= 0.3 is 0 Å². The van der Waals surface area contributed by atoms with E-state index in [1.165, 1.54) is 12.2 Å². The Bertz CT molecular complexity index is 1100. The predicted molar refractivity (Wildman–Crippen MR) is 109 cm³/mol. The third kappa shape index (κ3) is 3.46. The minimum absolute atomic E-state index is 0.199. The highest BCUT2D eigenvalue weighted by Gasteiger charge is 2.44. The Morgan fingerprint density at radius 1 is 0.759 bits per heavy atom. The zero-order valence-corrected chi connectivity index (χ0v) is 15.6. The van der Waals surface area contributed by atoms with Crippen LogP contribution in [0.15, 0.2) is 97.1 Å². The molecule has 4 heteroatoms. The first-order valence-corrected chi connectivity index (χ1v) is 9.27. The summed E-state index contributed by atoms with van der Waals surface area (Å²) in [6, 6.07) is 24.3. The molecule has 0 radical (unpaired) electrons. The second-order valence-corrected chi connectivity index (χ2v) is 6.75. The number of ether oxygens (including phenoxy) is 1. The Balaban J connectivity index is 1.77. The standard InChI is InChI=1S/C25H18O4/c26-22-15-16-25(21-14-8-7-13-20(21)22,24(28)19-11-5-2-6-12-19)29-17-23(27)18-9-3-1-4-10-18/h1-16H,17H2. The van der Waals surface area contributed by atoms with Gasteiger partial charge in [0.05, 0.1) is 0 Å². The highest BCUT2D eigenvalue weighted by Crippen LogP contribution is 2.37. The molecule has 3 aromatic rings. The fraction of sp³-hybridized carbons (Fsp3) is 0.0800. The van der Waals surface area contributed by atoms with Crippen molar-refractivity contribution in [3.05, 3.63) is 119 Å². The molecule has 0 amide bonds. The second kappa shape index (κ2) is 7.78. The number of hydrogen-bond donors (Lipinski definition) is 0. The molecule has 1 atom stereocenters. The van der Waals surface area contributed by atoms with Crippen molar-refractivity contribution in [2.75, 3.05) is 6.61 Å². The minimum atomic E-state index is -1.55. The molecule has 0 spiro atoms. The van der Waals surface area contributed by atoms with Crippen molar-refractivity contribution < 1.29 is 19.1 Å². The summed E-state index contributed by atoms with van der Waals surface area (Å²) in [5.74, 6) is -0.765. The van der Waals surface area contributed by atoms with Crippen LogP contribution in [0.3, 0.4) is 0 Å². The molecule has 0 aliphatic heterocycles. The molecule has 1 aliphatic carbocycles. The lowest BCUT2D eigenvalue weighted by Crippen LogP contribution is -2.41. The van der Waals surface area contributed by atoms with Gasteiger partial charge in [-0.15, -0.1) is 0 Å². The summed E-state index contributed by atoms with van der Waals surface area (Å²) in [7, 11) is 0. The summed E-state index contributed by atoms with van der Waals surface area (Å²) in [4.78, 5) is 38.6. The summed E-state index contributed by atoms with van der Waals surface area (Å²) in [5.41, 5.74) is 0.233. The molecule has 0 fully saturated rings. The molecule has 1 unspecified atom stereocenters. The van der Waals surface area contributed by atoms with Crippen molar-refractivity contribution in [3.63, 3.8) is 0 Å². The fourth-order valence-electron chi connectivity index (χ4n) is 3.47. The van der Waals surface area contributed by atoms with Gasteiger partial charge < -0.3 is 4.74 Å². The molecule has 4 rings (SSSR count). The molecule has 0 saturated carbocycles. The van der Waals surface area contributed by atoms with Crippen molar-refractivity contribution in [1.29, 1.82) is 0 Å². The first-order chi connectivity index (χ1) is 14.1. The summed E-state index contributed by atoms with van der Waals surface area (Å²) in [6.07, 6.45) is 2.81. The van der Waals surface area contributed by atoms with E-state index in [1.54, 1.807) is 72.8 Å². The molecule has 0 bridgehead atoms. The zero-order chi connectivity index (χ0) is 20.3. The van der Waals surface area contributed by atoms with Crippen LogP contribution in [0, 0.1) is 0 Å². The number of fused-ring (bicyclic) bond motifs is 1. The average molecular weight is 382 g/mol. The van der Waals surface area contributed by atoms with Crippen molar-refractivity contribution in [3.8, 4) is 0 Å². The molecule has 0 N–H and O–H groups in total. The number of carbonyl (C=O) groups excluding carboxylic acids is 3. The highest BCUT2D eigenvalue weighted by atomic mass is 16.5. The molecular formula is C25H18O4. The number of hydrogen-bond acceptors (Lipinski definition) is 4. The third-order valence-corrected chi connectivity index (χ3v) is 4.96. The van der Waals surface area contributed by atoms with Gasteiger partial charge in [0.2, 0.25) is 5.78 Å². The van der Waals surface area contributed by atoms with E-state index in [-0.39, 0.29) is 24.0 Å². The van der Waals surface area contributed by atoms with Crippen LogP contribution in [-0.4, -0.2) is 24.0 Å². The molecule has 142 valence electrons. The van der Waals surface area contributed by atoms with Gasteiger partial charge in [-0.2, -0.15) is 0 Å². The first kappa shape index (κ1) is 18.7. The maximum Gasteiger partial charge on any atom is 0.203 e. The molecule has 4 nitrogen and oxygen atoms in total. The summed E-state index contributed by atoms with van der Waals surface area (Å²) in [6.45, 7) is -0.296. The van der Waals surface area contributed by atoms with Gasteiger partial charge in [0.25, 0.3) is 0 Å². The minimum Gasteiger partial charge on any atom is -0.350 e. The van der Waals surface area contributed by atoms with Crippen LogP contribution >= 0.6 is 0 Å². The van der Waals surface area contributed by atoms with Crippen molar-refractivity contribution in [2.24, 2.45) is 0 Å². The van der Waals surface area contributed by atoms with Crippen LogP contribution in [0.4, 0.5) is 0 Å². The number of allylic oxidation sites excluding steroid dienone is 1. The third-order valence-electron chi connectivity index (χ3n) is 4.96. The molecule has 0 saturated heterocycles. The van der Waals surface area contributed by atoms with Crippen LogP contribution in [-0.2, 0) is 10.3 Å². The Hall–Kier alpha value is -3.63. The van der Waals surface area contributed by atoms with Gasteiger partial charge in [0.15, 0.2) is 17.2 Å². The normalized spacial score (nSPS) is 17.6. The molecule has 0 heterocycles. The summed E-state index contributed by atoms with van der Waals surface area (Å²) >= 11 is 0. The quantitative estimate of drug-likeness (QED) is 0.592. The zero-order valence-electron chi connectivity index (χ0n) is 15.6. The van der Waals surface area contributed by atoms with Gasteiger partial charge in [-0.3, -0.25) is 14.4 Å². The highest BCUT2D eigenvalue weighted by molar-refractivity contribution is 6.13. The van der Waals surface area contributed by atoms with E-state index in [9.17, 15) is 14.4 Å². The number of rotatable bonds is 6. The molecular weight excluding hydrogens is 364 g/mol. The van der Waals surface area contributed by atoms with E-state index in [0.29, 0.717) is 22.3 Å². The number of benzene rings is 3. The SMILES string of the molecule is O=C(COC1(C(=O)c2ccccc2)C=CC(=O)c2ccccc21)c1ccccc1. The topological polar surface area (TPSA) is 60.4 Å². The van der Waals surface area contributed by atoms with Crippen molar-refractivity contribution in [2.45, 2.75) is 5.60 Å². The Morgan fingerprint density at radius 3 is 2.03 bits per heavy atom. The van der Waals surface area contributed by atoms with Gasteiger partial charge in [0, 0.05) is 22.3 Å². The molecule has 3 aromatic carbocycles.